The van der Waals surface area contributed by atoms with Crippen molar-refractivity contribution in [2.75, 3.05) is 5.32 Å². The van der Waals surface area contributed by atoms with E-state index in [4.69, 9.17) is 17.3 Å². The molecule has 8 nitrogen and oxygen atoms in total. The van der Waals surface area contributed by atoms with Gasteiger partial charge in [0, 0.05) is 12.4 Å². The molecular formula is C15H13ClN6O2. The summed E-state index contributed by atoms with van der Waals surface area (Å²) in [4.78, 5) is 23.1. The van der Waals surface area contributed by atoms with Crippen LogP contribution in [0.1, 0.15) is 10.5 Å². The summed E-state index contributed by atoms with van der Waals surface area (Å²) in [6.45, 7) is -0.0585. The molecule has 0 atom stereocenters. The van der Waals surface area contributed by atoms with E-state index in [1.807, 2.05) is 12.1 Å². The summed E-state index contributed by atoms with van der Waals surface area (Å²) < 4.78 is 2.86. The standard InChI is InChI=1S/C15H13ClN6O2/c16-11-3-1-2-4-13(11)22-6-5-12(20-22)15(24)19-10-7-18-21(8-10)9-14(17)23/h1-8H,9H2,(H2,17,23)(H,19,24). The maximum atomic E-state index is 12.2. The van der Waals surface area contributed by atoms with Gasteiger partial charge in [-0.1, -0.05) is 23.7 Å². The fourth-order valence-corrected chi connectivity index (χ4v) is 2.31. The van der Waals surface area contributed by atoms with Gasteiger partial charge in [-0.15, -0.1) is 0 Å². The zero-order chi connectivity index (χ0) is 17.1. The number of rotatable bonds is 5. The van der Waals surface area contributed by atoms with Crippen molar-refractivity contribution in [2.24, 2.45) is 5.73 Å². The van der Waals surface area contributed by atoms with Crippen molar-refractivity contribution in [3.8, 4) is 5.69 Å². The van der Waals surface area contributed by atoms with Gasteiger partial charge in [-0.2, -0.15) is 10.2 Å². The maximum absolute atomic E-state index is 12.2. The Hall–Kier alpha value is -3.13. The molecule has 24 heavy (non-hydrogen) atoms. The van der Waals surface area contributed by atoms with Gasteiger partial charge in [0.1, 0.15) is 6.54 Å². The normalized spacial score (nSPS) is 10.5. The van der Waals surface area contributed by atoms with Gasteiger partial charge in [-0.25, -0.2) is 4.68 Å². The fraction of sp³-hybridized carbons (Fsp3) is 0.0667. The predicted molar refractivity (Wildman–Crippen MR) is 87.9 cm³/mol. The Morgan fingerprint density at radius 1 is 1.25 bits per heavy atom. The van der Waals surface area contributed by atoms with Crippen molar-refractivity contribution in [3.05, 3.63) is 59.6 Å². The number of carbonyl (C=O) groups is 2. The SMILES string of the molecule is NC(=O)Cn1cc(NC(=O)c2ccn(-c3ccccc3Cl)n2)cn1. The summed E-state index contributed by atoms with van der Waals surface area (Å²) in [5.74, 6) is -0.922. The molecule has 122 valence electrons. The van der Waals surface area contributed by atoms with Crippen molar-refractivity contribution >= 4 is 29.1 Å². The van der Waals surface area contributed by atoms with E-state index in [1.165, 1.54) is 21.8 Å². The first-order valence-electron chi connectivity index (χ1n) is 6.95. The lowest BCUT2D eigenvalue weighted by Crippen LogP contribution is -2.18. The molecule has 0 fully saturated rings. The van der Waals surface area contributed by atoms with E-state index in [0.29, 0.717) is 16.4 Å². The fourth-order valence-electron chi connectivity index (χ4n) is 2.09. The number of aromatic nitrogens is 4. The van der Waals surface area contributed by atoms with Crippen LogP contribution in [0, 0.1) is 0 Å². The lowest BCUT2D eigenvalue weighted by molar-refractivity contribution is -0.118. The van der Waals surface area contributed by atoms with Gasteiger partial charge in [0.15, 0.2) is 5.69 Å². The number of halogens is 1. The number of anilines is 1. The molecule has 2 aromatic heterocycles. The molecule has 0 bridgehead atoms. The average molecular weight is 345 g/mol. The molecule has 0 saturated heterocycles. The van der Waals surface area contributed by atoms with Crippen LogP contribution in [0.15, 0.2) is 48.9 Å². The monoisotopic (exact) mass is 344 g/mol. The Morgan fingerprint density at radius 2 is 2.04 bits per heavy atom. The first-order valence-corrected chi connectivity index (χ1v) is 7.33. The summed E-state index contributed by atoms with van der Waals surface area (Å²) in [6, 6.07) is 8.76. The van der Waals surface area contributed by atoms with Gasteiger partial charge >= 0.3 is 0 Å². The Morgan fingerprint density at radius 3 is 2.79 bits per heavy atom. The van der Waals surface area contributed by atoms with Crippen molar-refractivity contribution in [3.63, 3.8) is 0 Å². The van der Waals surface area contributed by atoms with Gasteiger partial charge in [-0.05, 0) is 18.2 Å². The van der Waals surface area contributed by atoms with Crippen molar-refractivity contribution in [2.45, 2.75) is 6.54 Å². The first-order chi connectivity index (χ1) is 11.5. The summed E-state index contributed by atoms with van der Waals surface area (Å²) in [5, 5.41) is 11.3. The third-order valence-corrected chi connectivity index (χ3v) is 3.45. The second-order valence-electron chi connectivity index (χ2n) is 4.94. The topological polar surface area (TPSA) is 108 Å². The van der Waals surface area contributed by atoms with Gasteiger partial charge in [-0.3, -0.25) is 14.3 Å². The molecule has 0 aliphatic heterocycles. The summed E-state index contributed by atoms with van der Waals surface area (Å²) in [6.07, 6.45) is 4.58. The molecule has 2 heterocycles. The zero-order valence-electron chi connectivity index (χ0n) is 12.4. The molecular weight excluding hydrogens is 332 g/mol. The molecule has 9 heteroatoms. The highest BCUT2D eigenvalue weighted by molar-refractivity contribution is 6.32. The van der Waals surface area contributed by atoms with Crippen molar-refractivity contribution in [1.29, 1.82) is 0 Å². The van der Waals surface area contributed by atoms with Gasteiger partial charge in [0.2, 0.25) is 5.91 Å². The Labute approximate surface area is 141 Å². The number of carbonyl (C=O) groups excluding carboxylic acids is 2. The Balaban J connectivity index is 1.73. The van der Waals surface area contributed by atoms with Crippen LogP contribution in [0.4, 0.5) is 5.69 Å². The number of para-hydroxylation sites is 1. The van der Waals surface area contributed by atoms with Crippen LogP contribution in [0.5, 0.6) is 0 Å². The van der Waals surface area contributed by atoms with E-state index in [0.717, 1.165) is 0 Å². The Kier molecular flexibility index (Phi) is 4.30. The third-order valence-electron chi connectivity index (χ3n) is 3.13. The highest BCUT2D eigenvalue weighted by atomic mass is 35.5. The van der Waals surface area contributed by atoms with Gasteiger partial charge in [0.05, 0.1) is 22.6 Å². The number of hydrogen-bond donors (Lipinski definition) is 2. The first kappa shape index (κ1) is 15.8. The largest absolute Gasteiger partial charge is 0.368 e. The van der Waals surface area contributed by atoms with E-state index < -0.39 is 11.8 Å². The second kappa shape index (κ2) is 6.55. The minimum absolute atomic E-state index is 0.0585. The van der Waals surface area contributed by atoms with E-state index in [9.17, 15) is 9.59 Å². The van der Waals surface area contributed by atoms with Crippen LogP contribution >= 0.6 is 11.6 Å². The van der Waals surface area contributed by atoms with E-state index in [2.05, 4.69) is 15.5 Å². The van der Waals surface area contributed by atoms with Crippen LogP contribution in [0.3, 0.4) is 0 Å². The highest BCUT2D eigenvalue weighted by Gasteiger charge is 2.13. The van der Waals surface area contributed by atoms with Crippen LogP contribution in [-0.2, 0) is 11.3 Å². The van der Waals surface area contributed by atoms with Crippen LogP contribution in [0.25, 0.3) is 5.69 Å². The number of hydrogen-bond acceptors (Lipinski definition) is 4. The summed E-state index contributed by atoms with van der Waals surface area (Å²) >= 11 is 6.11. The zero-order valence-corrected chi connectivity index (χ0v) is 13.1. The lowest BCUT2D eigenvalue weighted by Gasteiger charge is -2.03. The van der Waals surface area contributed by atoms with Gasteiger partial charge in [0.25, 0.3) is 5.91 Å². The molecule has 0 radical (unpaired) electrons. The molecule has 0 saturated carbocycles. The van der Waals surface area contributed by atoms with Crippen LogP contribution in [-0.4, -0.2) is 31.4 Å². The molecule has 0 spiro atoms. The van der Waals surface area contributed by atoms with E-state index in [1.54, 1.807) is 24.4 Å². The summed E-state index contributed by atoms with van der Waals surface area (Å²) in [7, 11) is 0. The number of nitrogens with two attached hydrogens (primary N) is 1. The van der Waals surface area contributed by atoms with Crippen molar-refractivity contribution in [1.82, 2.24) is 19.6 Å². The maximum Gasteiger partial charge on any atom is 0.276 e. The smallest absolute Gasteiger partial charge is 0.276 e. The number of amides is 2. The highest BCUT2D eigenvalue weighted by Crippen LogP contribution is 2.19. The average Bonchev–Trinajstić information content (AvgIpc) is 3.17. The molecule has 3 rings (SSSR count). The quantitative estimate of drug-likeness (QED) is 0.730. The third kappa shape index (κ3) is 3.44. The minimum Gasteiger partial charge on any atom is -0.368 e. The molecule has 0 aliphatic carbocycles. The Bertz CT molecular complexity index is 901. The number of nitrogens with zero attached hydrogens (tertiary/aromatic N) is 4. The lowest BCUT2D eigenvalue weighted by atomic mass is 10.3. The van der Waals surface area contributed by atoms with Gasteiger partial charge < -0.3 is 11.1 Å². The molecule has 3 N–H and O–H groups in total. The van der Waals surface area contributed by atoms with Crippen LogP contribution in [0.2, 0.25) is 5.02 Å². The van der Waals surface area contributed by atoms with Crippen LogP contribution < -0.4 is 11.1 Å². The van der Waals surface area contributed by atoms with Crippen molar-refractivity contribution < 1.29 is 9.59 Å². The molecule has 2 amide bonds. The minimum atomic E-state index is -0.519. The number of nitrogens with one attached hydrogen (secondary N) is 1. The summed E-state index contributed by atoms with van der Waals surface area (Å²) in [5.41, 5.74) is 6.42. The van der Waals surface area contributed by atoms with E-state index in [-0.39, 0.29) is 12.2 Å². The number of benzene rings is 1. The molecule has 3 aromatic rings. The van der Waals surface area contributed by atoms with E-state index >= 15 is 0 Å². The molecule has 0 aliphatic rings. The second-order valence-corrected chi connectivity index (χ2v) is 5.35. The molecule has 0 unspecified atom stereocenters. The molecule has 1 aromatic carbocycles. The number of primary amides is 1. The predicted octanol–water partition coefficient (Wildman–Crippen LogP) is 1.46.